The molecule has 1 aromatic heterocycles. The highest BCUT2D eigenvalue weighted by Crippen LogP contribution is 2.19. The zero-order valence-electron chi connectivity index (χ0n) is 24.0. The summed E-state index contributed by atoms with van der Waals surface area (Å²) in [6.07, 6.45) is 2.07. The van der Waals surface area contributed by atoms with Gasteiger partial charge in [0.15, 0.2) is 0 Å². The Bertz CT molecular complexity index is 1460. The summed E-state index contributed by atoms with van der Waals surface area (Å²) < 4.78 is 0. The van der Waals surface area contributed by atoms with Crippen molar-refractivity contribution in [3.05, 3.63) is 65.9 Å². The van der Waals surface area contributed by atoms with E-state index in [2.05, 4.69) is 20.9 Å². The van der Waals surface area contributed by atoms with Crippen molar-refractivity contribution in [3.8, 4) is 5.75 Å². The van der Waals surface area contributed by atoms with Crippen molar-refractivity contribution in [3.63, 3.8) is 0 Å². The van der Waals surface area contributed by atoms with E-state index in [4.69, 9.17) is 16.6 Å². The first-order valence-electron chi connectivity index (χ1n) is 14.1. The van der Waals surface area contributed by atoms with Crippen molar-refractivity contribution >= 4 is 40.6 Å². The van der Waals surface area contributed by atoms with E-state index in [0.29, 0.717) is 30.5 Å². The summed E-state index contributed by atoms with van der Waals surface area (Å²) in [5.41, 5.74) is 13.8. The van der Waals surface area contributed by atoms with Crippen LogP contribution in [0.5, 0.6) is 5.75 Å². The normalized spacial score (nSPS) is 13.8. The van der Waals surface area contributed by atoms with Gasteiger partial charge in [-0.3, -0.25) is 19.2 Å². The van der Waals surface area contributed by atoms with Crippen molar-refractivity contribution < 1.29 is 39.3 Å². The Kier molecular flexibility index (Phi) is 12.2. The van der Waals surface area contributed by atoms with Gasteiger partial charge in [0.25, 0.3) is 0 Å². The maximum absolute atomic E-state index is 13.6. The predicted octanol–water partition coefficient (Wildman–Crippen LogP) is 0.129. The summed E-state index contributed by atoms with van der Waals surface area (Å²) in [4.78, 5) is 65.8. The number of hydrogen-bond acceptors (Lipinski definition) is 8. The summed E-state index contributed by atoms with van der Waals surface area (Å²) in [6, 6.07) is 8.24. The fourth-order valence-corrected chi connectivity index (χ4v) is 4.67. The van der Waals surface area contributed by atoms with Gasteiger partial charge in [0.2, 0.25) is 17.7 Å². The van der Waals surface area contributed by atoms with Gasteiger partial charge < -0.3 is 47.7 Å². The van der Waals surface area contributed by atoms with E-state index in [1.165, 1.54) is 12.1 Å². The van der Waals surface area contributed by atoms with Gasteiger partial charge in [-0.05, 0) is 61.6 Å². The second kappa shape index (κ2) is 16.0. The van der Waals surface area contributed by atoms with Crippen molar-refractivity contribution in [1.82, 2.24) is 20.9 Å². The van der Waals surface area contributed by atoms with Crippen LogP contribution in [0.15, 0.2) is 54.7 Å². The highest BCUT2D eigenvalue weighted by molar-refractivity contribution is 5.95. The Labute approximate surface area is 253 Å². The number of carbonyl (C=O) groups is 5. The lowest BCUT2D eigenvalue weighted by Gasteiger charge is -2.25. The second-order valence-electron chi connectivity index (χ2n) is 10.4. The monoisotopic (exact) mass is 610 g/mol. The van der Waals surface area contributed by atoms with Crippen LogP contribution in [0.1, 0.15) is 36.8 Å². The van der Waals surface area contributed by atoms with Crippen LogP contribution in [-0.4, -0.2) is 80.7 Å². The first-order chi connectivity index (χ1) is 21.0. The number of hydrogen-bond donors (Lipinski definition) is 9. The first-order valence-corrected chi connectivity index (χ1v) is 14.1. The minimum atomic E-state index is -1.74. The number of carboxylic acid groups (broad SMARTS) is 2. The van der Waals surface area contributed by atoms with E-state index in [1.54, 1.807) is 24.4 Å². The van der Waals surface area contributed by atoms with Crippen LogP contribution < -0.4 is 27.4 Å². The molecule has 236 valence electrons. The standard InChI is InChI=1S/C30H38N6O8/c31-12-4-3-7-23(34-27(40)21(32)13-17-8-10-19(37)11-9-17)28(41)35-24(29(42)36-25(30(43)44)15-26(38)39)14-18-16-33-22-6-2-1-5-20(18)22/h1-2,5-6,8-11,16,21,23-25,33,37H,3-4,7,12-15,31-32H2,(H,34,40)(H,35,41)(H,36,42)(H,38,39)(H,43,44). The number of carbonyl (C=O) groups excluding carboxylic acids is 3. The summed E-state index contributed by atoms with van der Waals surface area (Å²) in [5.74, 6) is -5.15. The fourth-order valence-electron chi connectivity index (χ4n) is 4.67. The lowest BCUT2D eigenvalue weighted by atomic mass is 10.0. The number of unbranched alkanes of at least 4 members (excludes halogenated alkanes) is 1. The molecule has 14 heteroatoms. The molecular weight excluding hydrogens is 572 g/mol. The molecular formula is C30H38N6O8. The molecule has 0 bridgehead atoms. The largest absolute Gasteiger partial charge is 0.508 e. The fraction of sp³-hybridized carbons (Fsp3) is 0.367. The van der Waals surface area contributed by atoms with Gasteiger partial charge in [-0.15, -0.1) is 0 Å². The summed E-state index contributed by atoms with van der Waals surface area (Å²) in [7, 11) is 0. The molecule has 11 N–H and O–H groups in total. The van der Waals surface area contributed by atoms with Crippen LogP contribution in [-0.2, 0) is 36.8 Å². The molecule has 3 amide bonds. The maximum Gasteiger partial charge on any atom is 0.326 e. The number of benzene rings is 2. The van der Waals surface area contributed by atoms with Gasteiger partial charge in [0.1, 0.15) is 23.9 Å². The van der Waals surface area contributed by atoms with Gasteiger partial charge in [0.05, 0.1) is 12.5 Å². The number of H-pyrrole nitrogens is 1. The number of carboxylic acids is 2. The molecule has 0 spiro atoms. The molecule has 4 unspecified atom stereocenters. The molecule has 2 aromatic carbocycles. The van der Waals surface area contributed by atoms with Gasteiger partial charge in [0, 0.05) is 23.5 Å². The third kappa shape index (κ3) is 9.81. The molecule has 3 rings (SSSR count). The third-order valence-corrected chi connectivity index (χ3v) is 7.03. The van der Waals surface area contributed by atoms with E-state index in [1.807, 2.05) is 18.2 Å². The van der Waals surface area contributed by atoms with E-state index < -0.39 is 60.2 Å². The molecule has 0 radical (unpaired) electrons. The average molecular weight is 611 g/mol. The van der Waals surface area contributed by atoms with E-state index in [9.17, 15) is 34.2 Å². The Balaban J connectivity index is 1.82. The number of aromatic nitrogens is 1. The van der Waals surface area contributed by atoms with Crippen molar-refractivity contribution in [2.24, 2.45) is 11.5 Å². The Morgan fingerprint density at radius 1 is 0.795 bits per heavy atom. The molecule has 0 saturated heterocycles. The molecule has 0 aliphatic carbocycles. The van der Waals surface area contributed by atoms with Gasteiger partial charge in [-0.25, -0.2) is 4.79 Å². The van der Waals surface area contributed by atoms with Crippen LogP contribution in [0.3, 0.4) is 0 Å². The van der Waals surface area contributed by atoms with E-state index in [-0.39, 0.29) is 25.0 Å². The van der Waals surface area contributed by atoms with Crippen molar-refractivity contribution in [2.45, 2.75) is 62.7 Å². The second-order valence-corrected chi connectivity index (χ2v) is 10.4. The average Bonchev–Trinajstić information content (AvgIpc) is 3.39. The SMILES string of the molecule is NCCCCC(NC(=O)C(N)Cc1ccc(O)cc1)C(=O)NC(Cc1c[nH]c2ccccc12)C(=O)NC(CC(=O)O)C(=O)O. The number of aromatic hydroxyl groups is 1. The van der Waals surface area contributed by atoms with Crippen LogP contribution in [0.4, 0.5) is 0 Å². The Morgan fingerprint density at radius 2 is 1.43 bits per heavy atom. The zero-order chi connectivity index (χ0) is 32.2. The number of aliphatic carboxylic acids is 2. The number of phenolic OH excluding ortho intramolecular Hbond substituents is 1. The molecule has 0 fully saturated rings. The molecule has 0 saturated carbocycles. The lowest BCUT2D eigenvalue weighted by Crippen LogP contribution is -2.58. The number of phenols is 1. The van der Waals surface area contributed by atoms with E-state index in [0.717, 1.165) is 10.9 Å². The molecule has 3 aromatic rings. The number of amides is 3. The number of para-hydroxylation sites is 1. The van der Waals surface area contributed by atoms with Crippen LogP contribution in [0.2, 0.25) is 0 Å². The predicted molar refractivity (Wildman–Crippen MR) is 160 cm³/mol. The molecule has 1 heterocycles. The van der Waals surface area contributed by atoms with Gasteiger partial charge in [-0.2, -0.15) is 0 Å². The Morgan fingerprint density at radius 3 is 2.09 bits per heavy atom. The number of aromatic amines is 1. The summed E-state index contributed by atoms with van der Waals surface area (Å²) >= 11 is 0. The van der Waals surface area contributed by atoms with Gasteiger partial charge >= 0.3 is 11.9 Å². The summed E-state index contributed by atoms with van der Waals surface area (Å²) in [5, 5.41) is 36.3. The number of nitrogens with one attached hydrogen (secondary N) is 4. The Hall–Kier alpha value is -4.95. The molecule has 44 heavy (non-hydrogen) atoms. The van der Waals surface area contributed by atoms with Crippen LogP contribution >= 0.6 is 0 Å². The maximum atomic E-state index is 13.6. The first kappa shape index (κ1) is 33.6. The van der Waals surface area contributed by atoms with Crippen molar-refractivity contribution in [2.75, 3.05) is 6.54 Å². The van der Waals surface area contributed by atoms with Crippen molar-refractivity contribution in [1.29, 1.82) is 0 Å². The minimum Gasteiger partial charge on any atom is -0.508 e. The quantitative estimate of drug-likeness (QED) is 0.0934. The molecule has 14 nitrogen and oxygen atoms in total. The number of rotatable bonds is 17. The number of nitrogens with two attached hydrogens (primary N) is 2. The summed E-state index contributed by atoms with van der Waals surface area (Å²) in [6.45, 7) is 0.356. The molecule has 4 atom stereocenters. The highest BCUT2D eigenvalue weighted by atomic mass is 16.4. The smallest absolute Gasteiger partial charge is 0.326 e. The zero-order valence-corrected chi connectivity index (χ0v) is 24.0. The third-order valence-electron chi connectivity index (χ3n) is 7.03. The number of fused-ring (bicyclic) bond motifs is 1. The molecule has 0 aliphatic rings. The lowest BCUT2D eigenvalue weighted by molar-refractivity contribution is -0.147. The highest BCUT2D eigenvalue weighted by Gasteiger charge is 2.31. The van der Waals surface area contributed by atoms with Gasteiger partial charge in [-0.1, -0.05) is 30.3 Å². The topological polar surface area (TPSA) is 250 Å². The van der Waals surface area contributed by atoms with Crippen LogP contribution in [0, 0.1) is 0 Å². The molecule has 0 aliphatic heterocycles. The van der Waals surface area contributed by atoms with E-state index >= 15 is 0 Å². The minimum absolute atomic E-state index is 0.0623. The van der Waals surface area contributed by atoms with Crippen LogP contribution in [0.25, 0.3) is 10.9 Å².